The standard InChI is InChI=1S/C5H10O2S2/c1-5(2,3(6)7)4(8)9/h4,8-9H,1-2H3,(H,6,7). The minimum atomic E-state index is -0.877. The van der Waals surface area contributed by atoms with Gasteiger partial charge in [-0.3, -0.25) is 4.79 Å². The molecule has 54 valence electrons. The summed E-state index contributed by atoms with van der Waals surface area (Å²) >= 11 is 7.80. The van der Waals surface area contributed by atoms with Crippen LogP contribution in [-0.4, -0.2) is 15.7 Å². The molecule has 0 atom stereocenters. The molecule has 0 aromatic rings. The Hall–Kier alpha value is 0.170. The van der Waals surface area contributed by atoms with Gasteiger partial charge >= 0.3 is 5.97 Å². The minimum absolute atomic E-state index is 0.421. The highest BCUT2D eigenvalue weighted by atomic mass is 32.2. The highest BCUT2D eigenvalue weighted by Crippen LogP contribution is 2.27. The zero-order valence-electron chi connectivity index (χ0n) is 5.33. The lowest BCUT2D eigenvalue weighted by Gasteiger charge is -2.21. The molecule has 0 amide bonds. The Kier molecular flexibility index (Phi) is 2.89. The van der Waals surface area contributed by atoms with Crippen molar-refractivity contribution in [1.82, 2.24) is 0 Å². The molecule has 0 saturated carbocycles. The van der Waals surface area contributed by atoms with Crippen LogP contribution < -0.4 is 0 Å². The number of hydrogen-bond acceptors (Lipinski definition) is 3. The van der Waals surface area contributed by atoms with E-state index in [1.807, 2.05) is 0 Å². The van der Waals surface area contributed by atoms with Gasteiger partial charge in [0.1, 0.15) is 0 Å². The molecule has 0 spiro atoms. The van der Waals surface area contributed by atoms with E-state index in [1.54, 1.807) is 13.8 Å². The molecule has 4 heteroatoms. The molecule has 0 bridgehead atoms. The van der Waals surface area contributed by atoms with E-state index >= 15 is 0 Å². The van der Waals surface area contributed by atoms with Gasteiger partial charge in [-0.05, 0) is 13.8 Å². The van der Waals surface area contributed by atoms with Crippen molar-refractivity contribution in [3.05, 3.63) is 0 Å². The van der Waals surface area contributed by atoms with Crippen LogP contribution in [0.15, 0.2) is 0 Å². The number of carboxylic acids is 1. The van der Waals surface area contributed by atoms with Gasteiger partial charge in [-0.2, -0.15) is 25.3 Å². The van der Waals surface area contributed by atoms with E-state index < -0.39 is 16.0 Å². The van der Waals surface area contributed by atoms with Gasteiger partial charge in [0.15, 0.2) is 0 Å². The van der Waals surface area contributed by atoms with Crippen LogP contribution in [0.3, 0.4) is 0 Å². The molecular weight excluding hydrogens is 156 g/mol. The third kappa shape index (κ3) is 2.10. The lowest BCUT2D eigenvalue weighted by atomic mass is 9.97. The minimum Gasteiger partial charge on any atom is -0.481 e. The molecule has 0 aromatic heterocycles. The first kappa shape index (κ1) is 9.17. The molecule has 0 aliphatic heterocycles. The Morgan fingerprint density at radius 3 is 1.89 bits per heavy atom. The fraction of sp³-hybridized carbons (Fsp3) is 0.800. The SMILES string of the molecule is CC(C)(C(=O)O)C(S)S. The van der Waals surface area contributed by atoms with Gasteiger partial charge in [0, 0.05) is 0 Å². The third-order valence-electron chi connectivity index (χ3n) is 1.20. The molecular formula is C5H10O2S2. The first-order valence-electron chi connectivity index (χ1n) is 2.48. The lowest BCUT2D eigenvalue weighted by molar-refractivity contribution is -0.145. The molecule has 1 N–H and O–H groups in total. The summed E-state index contributed by atoms with van der Waals surface area (Å²) in [4.78, 5) is 10.4. The van der Waals surface area contributed by atoms with Gasteiger partial charge in [0.05, 0.1) is 10.00 Å². The predicted octanol–water partition coefficient (Wildman–Crippen LogP) is 1.28. The molecule has 2 nitrogen and oxygen atoms in total. The van der Waals surface area contributed by atoms with Gasteiger partial charge in [-0.25, -0.2) is 0 Å². The van der Waals surface area contributed by atoms with E-state index in [-0.39, 0.29) is 0 Å². The summed E-state index contributed by atoms with van der Waals surface area (Å²) in [6.07, 6.45) is 0. The fourth-order valence-corrected chi connectivity index (χ4v) is 0.331. The Morgan fingerprint density at radius 2 is 1.89 bits per heavy atom. The van der Waals surface area contributed by atoms with Gasteiger partial charge in [-0.15, -0.1) is 0 Å². The van der Waals surface area contributed by atoms with Gasteiger partial charge in [-0.1, -0.05) is 0 Å². The largest absolute Gasteiger partial charge is 0.481 e. The number of carboxylic acid groups (broad SMARTS) is 1. The quantitative estimate of drug-likeness (QED) is 0.427. The monoisotopic (exact) mass is 166 g/mol. The Bertz CT molecular complexity index is 120. The Labute approximate surface area is 65.5 Å². The molecule has 9 heavy (non-hydrogen) atoms. The van der Waals surface area contributed by atoms with Crippen molar-refractivity contribution < 1.29 is 9.90 Å². The van der Waals surface area contributed by atoms with Crippen LogP contribution in [0.2, 0.25) is 0 Å². The highest BCUT2D eigenvalue weighted by Gasteiger charge is 2.32. The van der Waals surface area contributed by atoms with Crippen LogP contribution in [0.5, 0.6) is 0 Å². The predicted molar refractivity (Wildman–Crippen MR) is 43.2 cm³/mol. The summed E-state index contributed by atoms with van der Waals surface area (Å²) < 4.78 is -0.421. The van der Waals surface area contributed by atoms with E-state index in [0.717, 1.165) is 0 Å². The third-order valence-corrected chi connectivity index (χ3v) is 2.49. The summed E-state index contributed by atoms with van der Waals surface area (Å²) in [6, 6.07) is 0. The van der Waals surface area contributed by atoms with Gasteiger partial charge < -0.3 is 5.11 Å². The summed E-state index contributed by atoms with van der Waals surface area (Å²) in [6.45, 7) is 3.17. The van der Waals surface area contributed by atoms with E-state index in [0.29, 0.717) is 0 Å². The Balaban J connectivity index is 4.19. The highest BCUT2D eigenvalue weighted by molar-refractivity contribution is 7.99. The molecule has 0 fully saturated rings. The average molecular weight is 166 g/mol. The molecule has 0 radical (unpaired) electrons. The van der Waals surface area contributed by atoms with Crippen molar-refractivity contribution >= 4 is 31.2 Å². The first-order chi connectivity index (χ1) is 3.89. The molecule has 0 rings (SSSR count). The van der Waals surface area contributed by atoms with Crippen LogP contribution in [0.4, 0.5) is 0 Å². The maximum atomic E-state index is 10.4. The van der Waals surface area contributed by atoms with Crippen LogP contribution >= 0.6 is 25.3 Å². The van der Waals surface area contributed by atoms with Crippen LogP contribution in [0.25, 0.3) is 0 Å². The van der Waals surface area contributed by atoms with Crippen molar-refractivity contribution in [2.75, 3.05) is 0 Å². The smallest absolute Gasteiger partial charge is 0.311 e. The number of rotatable bonds is 2. The van der Waals surface area contributed by atoms with Crippen molar-refractivity contribution in [1.29, 1.82) is 0 Å². The maximum Gasteiger partial charge on any atom is 0.311 e. The van der Waals surface area contributed by atoms with Crippen LogP contribution in [-0.2, 0) is 4.79 Å². The van der Waals surface area contributed by atoms with Crippen LogP contribution in [0, 0.1) is 5.41 Å². The van der Waals surface area contributed by atoms with E-state index in [2.05, 4.69) is 25.3 Å². The summed E-state index contributed by atoms with van der Waals surface area (Å²) in [5.41, 5.74) is -0.855. The number of carbonyl (C=O) groups is 1. The normalized spacial score (nSPS) is 12.1. The molecule has 0 aliphatic rings. The summed E-state index contributed by atoms with van der Waals surface area (Å²) in [5, 5.41) is 8.51. The zero-order chi connectivity index (χ0) is 7.65. The molecule has 0 heterocycles. The summed E-state index contributed by atoms with van der Waals surface area (Å²) in [7, 11) is 0. The topological polar surface area (TPSA) is 37.3 Å². The van der Waals surface area contributed by atoms with E-state index in [9.17, 15) is 4.79 Å². The Morgan fingerprint density at radius 1 is 1.56 bits per heavy atom. The fourth-order valence-electron chi connectivity index (χ4n) is 0.110. The van der Waals surface area contributed by atoms with E-state index in [1.165, 1.54) is 0 Å². The maximum absolute atomic E-state index is 10.4. The second kappa shape index (κ2) is 2.84. The summed E-state index contributed by atoms with van der Waals surface area (Å²) in [5.74, 6) is -0.877. The lowest BCUT2D eigenvalue weighted by Crippen LogP contribution is -2.30. The van der Waals surface area contributed by atoms with Crippen molar-refractivity contribution in [2.45, 2.75) is 18.4 Å². The number of thiol groups is 2. The molecule has 0 unspecified atom stereocenters. The van der Waals surface area contributed by atoms with Crippen LogP contribution in [0.1, 0.15) is 13.8 Å². The van der Waals surface area contributed by atoms with E-state index in [4.69, 9.17) is 5.11 Å². The average Bonchev–Trinajstić information content (AvgIpc) is 1.65. The molecule has 0 aromatic carbocycles. The van der Waals surface area contributed by atoms with Gasteiger partial charge in [0.25, 0.3) is 0 Å². The molecule has 0 aliphatic carbocycles. The van der Waals surface area contributed by atoms with Crippen molar-refractivity contribution in [3.8, 4) is 0 Å². The first-order valence-corrected chi connectivity index (χ1v) is 3.52. The molecule has 0 saturated heterocycles. The zero-order valence-corrected chi connectivity index (χ0v) is 7.12. The van der Waals surface area contributed by atoms with Crippen molar-refractivity contribution in [3.63, 3.8) is 0 Å². The number of aliphatic carboxylic acids is 1. The van der Waals surface area contributed by atoms with Gasteiger partial charge in [0.2, 0.25) is 0 Å². The number of hydrogen-bond donors (Lipinski definition) is 3. The second-order valence-corrected chi connectivity index (χ2v) is 3.84. The van der Waals surface area contributed by atoms with Crippen molar-refractivity contribution in [2.24, 2.45) is 5.41 Å². The second-order valence-electron chi connectivity index (χ2n) is 2.40.